The third kappa shape index (κ3) is 6.50. The van der Waals surface area contributed by atoms with Gasteiger partial charge in [0, 0.05) is 23.7 Å². The van der Waals surface area contributed by atoms with Crippen molar-refractivity contribution >= 4 is 23.4 Å². The van der Waals surface area contributed by atoms with Gasteiger partial charge in [-0.1, -0.05) is 71.0 Å². The first-order valence-corrected chi connectivity index (χ1v) is 12.2. The molecule has 3 amide bonds. The molecule has 1 aromatic heterocycles. The number of hydrogen-bond donors (Lipinski definition) is 2. The normalized spacial score (nSPS) is 11.3. The molecule has 2 aromatic carbocycles. The van der Waals surface area contributed by atoms with E-state index >= 15 is 0 Å². The number of para-hydroxylation sites is 2. The number of hydrogen-bond acceptors (Lipinski definition) is 3. The van der Waals surface area contributed by atoms with Crippen molar-refractivity contribution < 1.29 is 9.59 Å². The molecular formula is C28H37N5O2. The van der Waals surface area contributed by atoms with E-state index in [2.05, 4.69) is 31.4 Å². The monoisotopic (exact) mass is 475 g/mol. The minimum Gasteiger partial charge on any atom is -0.315 e. The van der Waals surface area contributed by atoms with Crippen molar-refractivity contribution in [2.24, 2.45) is 0 Å². The summed E-state index contributed by atoms with van der Waals surface area (Å²) in [6, 6.07) is 17.3. The molecule has 3 rings (SSSR count). The van der Waals surface area contributed by atoms with Gasteiger partial charge in [-0.3, -0.25) is 4.79 Å². The summed E-state index contributed by atoms with van der Waals surface area (Å²) in [4.78, 5) is 27.7. The number of carbonyl (C=O) groups excluding carboxylic acids is 2. The van der Waals surface area contributed by atoms with Crippen molar-refractivity contribution in [1.82, 2.24) is 14.7 Å². The Balaban J connectivity index is 1.82. The molecule has 7 heteroatoms. The number of anilines is 2. The van der Waals surface area contributed by atoms with Crippen molar-refractivity contribution in [3.63, 3.8) is 0 Å². The summed E-state index contributed by atoms with van der Waals surface area (Å²) in [5.74, 6) is 0.315. The van der Waals surface area contributed by atoms with E-state index in [9.17, 15) is 9.59 Å². The number of aromatic nitrogens is 2. The second kappa shape index (κ2) is 11.2. The van der Waals surface area contributed by atoms with Gasteiger partial charge in [-0.2, -0.15) is 5.10 Å². The highest BCUT2D eigenvalue weighted by Gasteiger charge is 2.23. The van der Waals surface area contributed by atoms with E-state index in [-0.39, 0.29) is 23.9 Å². The number of rotatable bonds is 8. The largest absolute Gasteiger partial charge is 0.322 e. The summed E-state index contributed by atoms with van der Waals surface area (Å²) < 4.78 is 1.77. The summed E-state index contributed by atoms with van der Waals surface area (Å²) in [7, 11) is 0. The summed E-state index contributed by atoms with van der Waals surface area (Å²) in [5, 5.41) is 10.8. The summed E-state index contributed by atoms with van der Waals surface area (Å²) in [5.41, 5.74) is 4.46. The van der Waals surface area contributed by atoms with Crippen LogP contribution in [0, 0.1) is 6.92 Å². The Bertz CT molecular complexity index is 1180. The smallest absolute Gasteiger partial charge is 0.315 e. The molecule has 0 aliphatic heterocycles. The van der Waals surface area contributed by atoms with Gasteiger partial charge in [-0.15, -0.1) is 0 Å². The molecule has 0 radical (unpaired) electrons. The predicted molar refractivity (Wildman–Crippen MR) is 142 cm³/mol. The zero-order valence-electron chi connectivity index (χ0n) is 21.7. The standard InChI is InChI=1S/C28H37N5O2/c1-7-17-32(27(35)29-22-15-11-10-14-21(22)8-2)19-26(34)30-25-18-24(28(4,5)6)31-33(25)23-16-12-9-13-20(23)3/h9-16,18H,7-8,17,19H2,1-6H3,(H,29,35)(H,30,34). The second-order valence-corrected chi connectivity index (χ2v) is 9.77. The summed E-state index contributed by atoms with van der Waals surface area (Å²) in [6.45, 7) is 12.7. The van der Waals surface area contributed by atoms with Gasteiger partial charge < -0.3 is 15.5 Å². The van der Waals surface area contributed by atoms with Crippen LogP contribution in [-0.2, 0) is 16.6 Å². The van der Waals surface area contributed by atoms with Crippen LogP contribution >= 0.6 is 0 Å². The zero-order chi connectivity index (χ0) is 25.6. The van der Waals surface area contributed by atoms with Crippen molar-refractivity contribution in [2.45, 2.75) is 59.8 Å². The minimum atomic E-state index is -0.286. The van der Waals surface area contributed by atoms with Crippen molar-refractivity contribution in [2.75, 3.05) is 23.7 Å². The van der Waals surface area contributed by atoms with E-state index in [0.717, 1.165) is 41.0 Å². The Morgan fingerprint density at radius 3 is 2.34 bits per heavy atom. The van der Waals surface area contributed by atoms with Crippen LogP contribution in [0.5, 0.6) is 0 Å². The first-order valence-electron chi connectivity index (χ1n) is 12.2. The molecule has 0 spiro atoms. The number of amides is 3. The highest BCUT2D eigenvalue weighted by atomic mass is 16.2. The van der Waals surface area contributed by atoms with Gasteiger partial charge in [0.2, 0.25) is 5.91 Å². The molecule has 0 atom stereocenters. The molecule has 7 nitrogen and oxygen atoms in total. The SMILES string of the molecule is CCCN(CC(=O)Nc1cc(C(C)(C)C)nn1-c1ccccc1C)C(=O)Nc1ccccc1CC. The molecule has 1 heterocycles. The van der Waals surface area contributed by atoms with Crippen molar-refractivity contribution in [3.8, 4) is 5.69 Å². The van der Waals surface area contributed by atoms with Crippen LogP contribution in [-0.4, -0.2) is 39.7 Å². The average molecular weight is 476 g/mol. The first kappa shape index (κ1) is 26.0. The third-order valence-corrected chi connectivity index (χ3v) is 5.84. The van der Waals surface area contributed by atoms with Gasteiger partial charge in [0.15, 0.2) is 0 Å². The van der Waals surface area contributed by atoms with E-state index in [4.69, 9.17) is 5.10 Å². The minimum absolute atomic E-state index is 0.0578. The maximum absolute atomic E-state index is 13.1. The topological polar surface area (TPSA) is 79.3 Å². The lowest BCUT2D eigenvalue weighted by Gasteiger charge is -2.23. The Morgan fingerprint density at radius 2 is 1.69 bits per heavy atom. The Hall–Kier alpha value is -3.61. The Morgan fingerprint density at radius 1 is 1.00 bits per heavy atom. The lowest BCUT2D eigenvalue weighted by molar-refractivity contribution is -0.116. The fourth-order valence-electron chi connectivity index (χ4n) is 3.84. The highest BCUT2D eigenvalue weighted by molar-refractivity contribution is 5.97. The van der Waals surface area contributed by atoms with Crippen LogP contribution < -0.4 is 10.6 Å². The van der Waals surface area contributed by atoms with Gasteiger partial charge in [0.1, 0.15) is 12.4 Å². The van der Waals surface area contributed by atoms with Gasteiger partial charge in [-0.05, 0) is 43.0 Å². The molecular weight excluding hydrogens is 438 g/mol. The predicted octanol–water partition coefficient (Wildman–Crippen LogP) is 5.92. The lowest BCUT2D eigenvalue weighted by Crippen LogP contribution is -2.41. The molecule has 0 aliphatic carbocycles. The van der Waals surface area contributed by atoms with E-state index in [1.165, 1.54) is 0 Å². The van der Waals surface area contributed by atoms with Crippen LogP contribution in [0.3, 0.4) is 0 Å². The third-order valence-electron chi connectivity index (χ3n) is 5.84. The molecule has 0 saturated heterocycles. The van der Waals surface area contributed by atoms with Gasteiger partial charge in [0.25, 0.3) is 0 Å². The number of aryl methyl sites for hydroxylation is 2. The molecule has 0 unspecified atom stereocenters. The Labute approximate surface area is 208 Å². The zero-order valence-corrected chi connectivity index (χ0v) is 21.7. The van der Waals surface area contributed by atoms with Crippen LogP contribution in [0.2, 0.25) is 0 Å². The number of urea groups is 1. The second-order valence-electron chi connectivity index (χ2n) is 9.77. The highest BCUT2D eigenvalue weighted by Crippen LogP contribution is 2.27. The van der Waals surface area contributed by atoms with Gasteiger partial charge in [0.05, 0.1) is 11.4 Å². The molecule has 2 N–H and O–H groups in total. The molecule has 0 saturated carbocycles. The van der Waals surface area contributed by atoms with Crippen LogP contribution in [0.4, 0.5) is 16.3 Å². The van der Waals surface area contributed by atoms with Gasteiger partial charge >= 0.3 is 6.03 Å². The molecule has 0 aliphatic rings. The number of carbonyl (C=O) groups is 2. The number of benzene rings is 2. The van der Waals surface area contributed by atoms with Gasteiger partial charge in [-0.25, -0.2) is 9.48 Å². The first-order chi connectivity index (χ1) is 16.6. The molecule has 0 bridgehead atoms. The van der Waals surface area contributed by atoms with Crippen molar-refractivity contribution in [1.29, 1.82) is 0 Å². The van der Waals surface area contributed by atoms with E-state index < -0.39 is 0 Å². The van der Waals surface area contributed by atoms with E-state index in [1.54, 1.807) is 9.58 Å². The number of nitrogens with zero attached hydrogens (tertiary/aromatic N) is 3. The molecule has 3 aromatic rings. The van der Waals surface area contributed by atoms with Crippen LogP contribution in [0.15, 0.2) is 54.6 Å². The Kier molecular flexibility index (Phi) is 8.33. The fourth-order valence-corrected chi connectivity index (χ4v) is 3.84. The summed E-state index contributed by atoms with van der Waals surface area (Å²) in [6.07, 6.45) is 1.55. The summed E-state index contributed by atoms with van der Waals surface area (Å²) >= 11 is 0. The lowest BCUT2D eigenvalue weighted by atomic mass is 9.92. The maximum Gasteiger partial charge on any atom is 0.322 e. The van der Waals surface area contributed by atoms with Crippen LogP contribution in [0.25, 0.3) is 5.69 Å². The maximum atomic E-state index is 13.1. The quantitative estimate of drug-likeness (QED) is 0.424. The van der Waals surface area contributed by atoms with E-state index in [0.29, 0.717) is 12.4 Å². The van der Waals surface area contributed by atoms with Crippen molar-refractivity contribution in [3.05, 3.63) is 71.4 Å². The average Bonchev–Trinajstić information content (AvgIpc) is 3.23. The molecule has 35 heavy (non-hydrogen) atoms. The van der Waals surface area contributed by atoms with E-state index in [1.807, 2.05) is 75.4 Å². The fraction of sp³-hybridized carbons (Fsp3) is 0.393. The van der Waals surface area contributed by atoms with Crippen LogP contribution in [0.1, 0.15) is 57.9 Å². The molecule has 0 fully saturated rings. The molecule has 186 valence electrons. The number of nitrogens with one attached hydrogen (secondary N) is 2.